The van der Waals surface area contributed by atoms with E-state index in [1.165, 1.54) is 25.7 Å². The molecular weight excluding hydrogens is 674 g/mol. The molecule has 3 aliphatic rings. The molecule has 6 N–H and O–H groups in total. The Kier molecular flexibility index (Phi) is 19.0. The molecule has 0 aromatic rings. The second-order valence-corrected chi connectivity index (χ2v) is 17.0. The third kappa shape index (κ3) is 12.4. The number of carbonyl (C=O) groups excluding carboxylic acids is 4. The van der Waals surface area contributed by atoms with E-state index in [1.807, 2.05) is 0 Å². The molecule has 53 heavy (non-hydrogen) atoms. The molecule has 11 nitrogen and oxygen atoms in total. The van der Waals surface area contributed by atoms with Gasteiger partial charge < -0.3 is 36.1 Å². The van der Waals surface area contributed by atoms with Crippen LogP contribution in [0.2, 0.25) is 0 Å². The van der Waals surface area contributed by atoms with E-state index in [4.69, 9.17) is 36.1 Å². The summed E-state index contributed by atoms with van der Waals surface area (Å²) >= 11 is 0. The molecule has 11 heteroatoms. The smallest absolute Gasteiger partial charge is 0.307 e. The fraction of sp³-hybridized carbons (Fsp3) is 0.905. The average Bonchev–Trinajstić information content (AvgIpc) is 3.48. The van der Waals surface area contributed by atoms with Crippen molar-refractivity contribution in [3.8, 4) is 0 Å². The van der Waals surface area contributed by atoms with Crippen molar-refractivity contribution in [2.45, 2.75) is 175 Å². The van der Waals surface area contributed by atoms with Crippen LogP contribution in [0, 0.1) is 40.4 Å². The molecule has 0 aromatic heterocycles. The van der Waals surface area contributed by atoms with E-state index < -0.39 is 5.41 Å². The minimum atomic E-state index is -0.397. The Bertz CT molecular complexity index is 1140. The molecule has 3 saturated carbocycles. The zero-order valence-corrected chi connectivity index (χ0v) is 33.9. The highest BCUT2D eigenvalue weighted by Crippen LogP contribution is 2.66. The van der Waals surface area contributed by atoms with E-state index in [0.29, 0.717) is 32.3 Å². The maximum Gasteiger partial charge on any atom is 0.307 e. The Morgan fingerprint density at radius 2 is 1.32 bits per heavy atom. The molecular formula is C42H75N3O8. The predicted octanol–water partition coefficient (Wildman–Crippen LogP) is 6.75. The predicted molar refractivity (Wildman–Crippen MR) is 206 cm³/mol. The number of esters is 4. The summed E-state index contributed by atoms with van der Waals surface area (Å²) in [4.78, 5) is 51.5. The van der Waals surface area contributed by atoms with Crippen LogP contribution in [0.4, 0.5) is 0 Å². The molecule has 0 radical (unpaired) electrons. The molecule has 3 rings (SSSR count). The number of hydrogen-bond donors (Lipinski definition) is 3. The minimum absolute atomic E-state index is 0.0389. The van der Waals surface area contributed by atoms with Crippen molar-refractivity contribution in [2.24, 2.45) is 57.6 Å². The SMILES string of the molecule is CCCCCCCCOC(=O)CC[C@@H](C)[C@H]1CC[C@H]2[C@H]([C@@H](CC)OC(=O)CCN)[C@@H](C3(C)CCC(OC(=O)CCN)CC3)C[C@H](OC(=O)CCN)[C@]12C. The molecule has 3 aliphatic carbocycles. The summed E-state index contributed by atoms with van der Waals surface area (Å²) in [5, 5.41) is 0. The van der Waals surface area contributed by atoms with Gasteiger partial charge in [0.1, 0.15) is 18.3 Å². The van der Waals surface area contributed by atoms with Gasteiger partial charge >= 0.3 is 23.9 Å². The van der Waals surface area contributed by atoms with E-state index in [9.17, 15) is 19.2 Å². The second kappa shape index (κ2) is 22.3. The fourth-order valence-electron chi connectivity index (χ4n) is 10.5. The van der Waals surface area contributed by atoms with E-state index in [0.717, 1.165) is 51.4 Å². The topological polar surface area (TPSA) is 183 Å². The maximum atomic E-state index is 13.3. The van der Waals surface area contributed by atoms with E-state index in [-0.39, 0.29) is 116 Å². The first-order chi connectivity index (χ1) is 25.4. The zero-order valence-electron chi connectivity index (χ0n) is 33.9. The van der Waals surface area contributed by atoms with Crippen LogP contribution in [0.3, 0.4) is 0 Å². The molecule has 306 valence electrons. The molecule has 0 amide bonds. The molecule has 0 unspecified atom stereocenters. The number of unbranched alkanes of at least 4 members (excludes halogenated alkanes) is 5. The fourth-order valence-corrected chi connectivity index (χ4v) is 10.5. The van der Waals surface area contributed by atoms with E-state index in [2.05, 4.69) is 34.6 Å². The molecule has 8 atom stereocenters. The van der Waals surface area contributed by atoms with Crippen LogP contribution in [0.15, 0.2) is 0 Å². The van der Waals surface area contributed by atoms with E-state index >= 15 is 0 Å². The van der Waals surface area contributed by atoms with Crippen molar-refractivity contribution in [3.63, 3.8) is 0 Å². The zero-order chi connectivity index (χ0) is 39.0. The lowest BCUT2D eigenvalue weighted by Crippen LogP contribution is -2.59. The molecule has 3 fully saturated rings. The number of hydrogen-bond acceptors (Lipinski definition) is 11. The number of nitrogens with two attached hydrogens (primary N) is 3. The number of rotatable bonds is 23. The lowest BCUT2D eigenvalue weighted by Gasteiger charge is -2.59. The second-order valence-electron chi connectivity index (χ2n) is 17.0. The molecule has 0 heterocycles. The number of fused-ring (bicyclic) bond motifs is 1. The Hall–Kier alpha value is -2.24. The van der Waals surface area contributed by atoms with Gasteiger partial charge in [0, 0.05) is 37.4 Å². The summed E-state index contributed by atoms with van der Waals surface area (Å²) in [5.41, 5.74) is 16.6. The van der Waals surface area contributed by atoms with Crippen molar-refractivity contribution >= 4 is 23.9 Å². The largest absolute Gasteiger partial charge is 0.466 e. The van der Waals surface area contributed by atoms with Crippen molar-refractivity contribution in [1.29, 1.82) is 0 Å². The number of carbonyl (C=O) groups is 4. The normalized spacial score (nSPS) is 30.9. The Balaban J connectivity index is 1.88. The Morgan fingerprint density at radius 1 is 0.717 bits per heavy atom. The van der Waals surface area contributed by atoms with Crippen LogP contribution >= 0.6 is 0 Å². The maximum absolute atomic E-state index is 13.3. The first kappa shape index (κ1) is 45.2. The van der Waals surface area contributed by atoms with Gasteiger partial charge in [-0.2, -0.15) is 0 Å². The Labute approximate surface area is 320 Å². The van der Waals surface area contributed by atoms with Crippen LogP contribution in [-0.4, -0.2) is 68.4 Å². The molecule has 0 aromatic carbocycles. The summed E-state index contributed by atoms with van der Waals surface area (Å²) in [6.45, 7) is 12.3. The highest BCUT2D eigenvalue weighted by molar-refractivity contribution is 5.71. The van der Waals surface area contributed by atoms with Crippen LogP contribution in [0.5, 0.6) is 0 Å². The van der Waals surface area contributed by atoms with Crippen LogP contribution in [0.1, 0.15) is 157 Å². The van der Waals surface area contributed by atoms with Gasteiger partial charge in [0.15, 0.2) is 0 Å². The molecule has 0 aliphatic heterocycles. The summed E-state index contributed by atoms with van der Waals surface area (Å²) in [7, 11) is 0. The lowest BCUT2D eigenvalue weighted by molar-refractivity contribution is -0.200. The van der Waals surface area contributed by atoms with Crippen LogP contribution in [0.25, 0.3) is 0 Å². The van der Waals surface area contributed by atoms with Gasteiger partial charge in [-0.3, -0.25) is 19.2 Å². The first-order valence-electron chi connectivity index (χ1n) is 21.2. The van der Waals surface area contributed by atoms with Crippen molar-refractivity contribution in [2.75, 3.05) is 26.2 Å². The summed E-state index contributed by atoms with van der Waals surface area (Å²) in [6, 6.07) is 0. The van der Waals surface area contributed by atoms with E-state index in [1.54, 1.807) is 0 Å². The lowest BCUT2D eigenvalue weighted by atomic mass is 9.48. The van der Waals surface area contributed by atoms with Gasteiger partial charge in [0.05, 0.1) is 25.9 Å². The molecule has 0 spiro atoms. The van der Waals surface area contributed by atoms with Crippen LogP contribution in [-0.2, 0) is 38.1 Å². The van der Waals surface area contributed by atoms with Gasteiger partial charge in [-0.25, -0.2) is 0 Å². The highest BCUT2D eigenvalue weighted by atomic mass is 16.6. The average molecular weight is 750 g/mol. The Morgan fingerprint density at radius 3 is 1.94 bits per heavy atom. The third-order valence-electron chi connectivity index (χ3n) is 13.4. The quantitative estimate of drug-likeness (QED) is 0.0571. The molecule has 0 bridgehead atoms. The van der Waals surface area contributed by atoms with Gasteiger partial charge in [0.25, 0.3) is 0 Å². The van der Waals surface area contributed by atoms with Crippen molar-refractivity contribution < 1.29 is 38.1 Å². The summed E-state index contributed by atoms with van der Waals surface area (Å²) in [5.74, 6) is -0.323. The number of ether oxygens (including phenoxy) is 4. The van der Waals surface area contributed by atoms with Gasteiger partial charge in [-0.15, -0.1) is 0 Å². The summed E-state index contributed by atoms with van der Waals surface area (Å²) in [6.07, 6.45) is 14.0. The summed E-state index contributed by atoms with van der Waals surface area (Å²) < 4.78 is 24.2. The van der Waals surface area contributed by atoms with Gasteiger partial charge in [-0.1, -0.05) is 66.7 Å². The highest BCUT2D eigenvalue weighted by Gasteiger charge is 2.64. The van der Waals surface area contributed by atoms with Crippen molar-refractivity contribution in [1.82, 2.24) is 0 Å². The molecule has 0 saturated heterocycles. The van der Waals surface area contributed by atoms with Gasteiger partial charge in [0.2, 0.25) is 0 Å². The monoisotopic (exact) mass is 750 g/mol. The van der Waals surface area contributed by atoms with Crippen molar-refractivity contribution in [3.05, 3.63) is 0 Å². The van der Waals surface area contributed by atoms with Crippen LogP contribution < -0.4 is 17.2 Å². The standard InChI is InChI=1S/C42H75N3O8/c1-6-8-9-10-11-12-27-50-36(46)16-13-29(3)31-14-15-32-40(34(7-2)52-38(48)20-25-44)33(28-35(42(31,32)5)53-39(49)21-26-45)41(4)22-17-30(18-23-41)51-37(47)19-24-43/h29-35,40H,6-28,43-45H2,1-5H3/t29-,30?,31-,32+,33+,34-,35+,40+,41?,42-/m1/s1. The third-order valence-corrected chi connectivity index (χ3v) is 13.4. The van der Waals surface area contributed by atoms with Gasteiger partial charge in [-0.05, 0) is 93.3 Å². The first-order valence-corrected chi connectivity index (χ1v) is 21.2. The minimum Gasteiger partial charge on any atom is -0.466 e.